The zero-order valence-corrected chi connectivity index (χ0v) is 16.0. The summed E-state index contributed by atoms with van der Waals surface area (Å²) in [5.41, 5.74) is 1.89. The Balaban J connectivity index is 1.44. The summed E-state index contributed by atoms with van der Waals surface area (Å²) in [7, 11) is 0. The molecule has 4 heterocycles. The van der Waals surface area contributed by atoms with Gasteiger partial charge in [0.1, 0.15) is 17.1 Å². The summed E-state index contributed by atoms with van der Waals surface area (Å²) < 4.78 is 6.78. The lowest BCUT2D eigenvalue weighted by Gasteiger charge is -2.35. The molecule has 3 aromatic rings. The van der Waals surface area contributed by atoms with Crippen molar-refractivity contribution in [3.8, 4) is 5.82 Å². The average Bonchev–Trinajstić information content (AvgIpc) is 3.34. The van der Waals surface area contributed by atoms with Gasteiger partial charge >= 0.3 is 5.88 Å². The van der Waals surface area contributed by atoms with Crippen LogP contribution in [0.25, 0.3) is 5.82 Å². The van der Waals surface area contributed by atoms with Crippen LogP contribution in [-0.2, 0) is 0 Å². The van der Waals surface area contributed by atoms with E-state index < -0.39 is 10.8 Å². The molecule has 29 heavy (non-hydrogen) atoms. The van der Waals surface area contributed by atoms with Crippen LogP contribution in [0.3, 0.4) is 0 Å². The number of piperazine rings is 1. The van der Waals surface area contributed by atoms with E-state index in [1.54, 1.807) is 9.58 Å². The minimum Gasteiger partial charge on any atom is -0.395 e. The third kappa shape index (κ3) is 3.66. The molecule has 3 aromatic heterocycles. The van der Waals surface area contributed by atoms with Crippen LogP contribution in [0.4, 0.5) is 11.7 Å². The molecular formula is C18H19N7O4. The number of hydrogen-bond acceptors (Lipinski definition) is 8. The number of carbonyl (C=O) groups excluding carboxylic acids is 1. The number of hydrogen-bond donors (Lipinski definition) is 0. The Morgan fingerprint density at radius 3 is 2.45 bits per heavy atom. The van der Waals surface area contributed by atoms with Crippen molar-refractivity contribution >= 4 is 17.6 Å². The van der Waals surface area contributed by atoms with Crippen LogP contribution >= 0.6 is 0 Å². The summed E-state index contributed by atoms with van der Waals surface area (Å²) >= 11 is 0. The van der Waals surface area contributed by atoms with Crippen molar-refractivity contribution in [3.05, 3.63) is 57.9 Å². The first kappa shape index (κ1) is 18.6. The van der Waals surface area contributed by atoms with Crippen molar-refractivity contribution in [1.29, 1.82) is 0 Å². The minimum atomic E-state index is -0.662. The van der Waals surface area contributed by atoms with Crippen molar-refractivity contribution in [2.24, 2.45) is 0 Å². The first-order valence-corrected chi connectivity index (χ1v) is 9.06. The van der Waals surface area contributed by atoms with Crippen LogP contribution < -0.4 is 4.90 Å². The van der Waals surface area contributed by atoms with E-state index in [-0.39, 0.29) is 11.7 Å². The Morgan fingerprint density at radius 1 is 1.10 bits per heavy atom. The summed E-state index contributed by atoms with van der Waals surface area (Å²) in [6.45, 7) is 5.93. The number of anilines is 1. The lowest BCUT2D eigenvalue weighted by molar-refractivity contribution is -0.402. The van der Waals surface area contributed by atoms with Crippen molar-refractivity contribution in [3.63, 3.8) is 0 Å². The number of aromatic nitrogens is 4. The predicted octanol–water partition coefficient (Wildman–Crippen LogP) is 1.74. The first-order chi connectivity index (χ1) is 13.9. The third-order valence-corrected chi connectivity index (χ3v) is 4.74. The second-order valence-corrected chi connectivity index (χ2v) is 6.75. The maximum atomic E-state index is 12.5. The van der Waals surface area contributed by atoms with Crippen molar-refractivity contribution in [2.75, 3.05) is 31.1 Å². The number of nitrogens with zero attached hydrogens (tertiary/aromatic N) is 7. The smallest absolute Gasteiger partial charge is 0.395 e. The summed E-state index contributed by atoms with van der Waals surface area (Å²) in [5, 5.41) is 15.2. The molecule has 0 unspecified atom stereocenters. The molecule has 150 valence electrons. The first-order valence-electron chi connectivity index (χ1n) is 9.06. The Kier molecular flexibility index (Phi) is 4.71. The quantitative estimate of drug-likeness (QED) is 0.482. The van der Waals surface area contributed by atoms with Gasteiger partial charge in [-0.05, 0) is 26.0 Å². The van der Waals surface area contributed by atoms with Crippen LogP contribution in [0.1, 0.15) is 21.9 Å². The van der Waals surface area contributed by atoms with Crippen LogP contribution in [0.5, 0.6) is 0 Å². The van der Waals surface area contributed by atoms with Crippen LogP contribution in [-0.4, -0.2) is 61.7 Å². The number of carbonyl (C=O) groups is 1. The molecule has 1 aliphatic heterocycles. The summed E-state index contributed by atoms with van der Waals surface area (Å²) in [5.74, 6) is 0.609. The number of aryl methyl sites for hydroxylation is 2. The van der Waals surface area contributed by atoms with E-state index in [1.807, 2.05) is 26.0 Å². The average molecular weight is 397 g/mol. The highest BCUT2D eigenvalue weighted by Crippen LogP contribution is 2.20. The van der Waals surface area contributed by atoms with Gasteiger partial charge in [-0.3, -0.25) is 14.9 Å². The molecule has 1 aliphatic rings. The molecule has 1 fully saturated rings. The number of amides is 1. The normalized spacial score (nSPS) is 14.3. The van der Waals surface area contributed by atoms with E-state index in [2.05, 4.69) is 20.0 Å². The Hall–Kier alpha value is -3.76. The maximum Gasteiger partial charge on any atom is 0.433 e. The van der Waals surface area contributed by atoms with Crippen LogP contribution in [0.2, 0.25) is 0 Å². The topological polar surface area (TPSA) is 123 Å². The zero-order valence-electron chi connectivity index (χ0n) is 16.0. The molecule has 0 bridgehead atoms. The Morgan fingerprint density at radius 2 is 1.83 bits per heavy atom. The maximum absolute atomic E-state index is 12.5. The highest BCUT2D eigenvalue weighted by atomic mass is 16.6. The third-order valence-electron chi connectivity index (χ3n) is 4.74. The SMILES string of the molecule is Cc1cc(C)n(-c2cc(N3CCN(C(=O)c4ccc([N+](=O)[O-])o4)CC3)ncn2)n1. The Bertz CT molecular complexity index is 1070. The molecular weight excluding hydrogens is 378 g/mol. The molecule has 0 aliphatic carbocycles. The largest absolute Gasteiger partial charge is 0.433 e. The monoisotopic (exact) mass is 397 g/mol. The highest BCUT2D eigenvalue weighted by Gasteiger charge is 2.26. The molecule has 0 saturated carbocycles. The lowest BCUT2D eigenvalue weighted by atomic mass is 10.3. The van der Waals surface area contributed by atoms with Crippen molar-refractivity contribution < 1.29 is 14.1 Å². The van der Waals surface area contributed by atoms with Gasteiger partial charge in [-0.25, -0.2) is 14.6 Å². The van der Waals surface area contributed by atoms with Gasteiger partial charge in [0, 0.05) is 37.9 Å². The molecule has 11 nitrogen and oxygen atoms in total. The molecule has 1 amide bonds. The van der Waals surface area contributed by atoms with Gasteiger partial charge in [-0.2, -0.15) is 5.10 Å². The predicted molar refractivity (Wildman–Crippen MR) is 102 cm³/mol. The van der Waals surface area contributed by atoms with Gasteiger partial charge in [0.05, 0.1) is 11.8 Å². The molecule has 1 saturated heterocycles. The van der Waals surface area contributed by atoms with E-state index in [0.29, 0.717) is 32.0 Å². The van der Waals surface area contributed by atoms with Crippen LogP contribution in [0, 0.1) is 24.0 Å². The highest BCUT2D eigenvalue weighted by molar-refractivity contribution is 5.92. The van der Waals surface area contributed by atoms with E-state index >= 15 is 0 Å². The number of nitro groups is 1. The van der Waals surface area contributed by atoms with Crippen LogP contribution in [0.15, 0.2) is 35.0 Å². The van der Waals surface area contributed by atoms with E-state index in [0.717, 1.165) is 17.2 Å². The molecule has 4 rings (SSSR count). The van der Waals surface area contributed by atoms with Gasteiger partial charge in [-0.1, -0.05) is 0 Å². The van der Waals surface area contributed by atoms with Crippen molar-refractivity contribution in [1.82, 2.24) is 24.6 Å². The standard InChI is InChI=1S/C18H19N7O4/c1-12-9-13(2)24(21-12)16-10-15(19-11-20-16)22-5-7-23(8-6-22)18(26)14-3-4-17(29-14)25(27)28/h3-4,9-11H,5-8H2,1-2H3. The van der Waals surface area contributed by atoms with E-state index in [9.17, 15) is 14.9 Å². The fourth-order valence-corrected chi connectivity index (χ4v) is 3.32. The second-order valence-electron chi connectivity index (χ2n) is 6.75. The van der Waals surface area contributed by atoms with Gasteiger partial charge < -0.3 is 14.2 Å². The van der Waals surface area contributed by atoms with Gasteiger partial charge in [0.15, 0.2) is 11.6 Å². The van der Waals surface area contributed by atoms with Gasteiger partial charge in [-0.15, -0.1) is 0 Å². The molecule has 11 heteroatoms. The van der Waals surface area contributed by atoms with Gasteiger partial charge in [0.25, 0.3) is 5.91 Å². The van der Waals surface area contributed by atoms with E-state index in [1.165, 1.54) is 18.5 Å². The fourth-order valence-electron chi connectivity index (χ4n) is 3.32. The van der Waals surface area contributed by atoms with E-state index in [4.69, 9.17) is 4.42 Å². The Labute approximate surface area is 165 Å². The number of furan rings is 1. The van der Waals surface area contributed by atoms with Gasteiger partial charge in [0.2, 0.25) is 0 Å². The van der Waals surface area contributed by atoms with Crippen molar-refractivity contribution in [2.45, 2.75) is 13.8 Å². The molecule has 0 spiro atoms. The number of rotatable bonds is 4. The summed E-state index contributed by atoms with van der Waals surface area (Å²) in [6, 6.07) is 6.36. The lowest BCUT2D eigenvalue weighted by Crippen LogP contribution is -2.49. The molecule has 0 atom stereocenters. The fraction of sp³-hybridized carbons (Fsp3) is 0.333. The minimum absolute atomic E-state index is 0.0287. The summed E-state index contributed by atoms with van der Waals surface area (Å²) in [6.07, 6.45) is 1.50. The molecule has 0 radical (unpaired) electrons. The second kappa shape index (κ2) is 7.34. The zero-order chi connectivity index (χ0) is 20.5. The molecule has 0 N–H and O–H groups in total. The summed E-state index contributed by atoms with van der Waals surface area (Å²) in [4.78, 5) is 34.9. The molecule has 0 aromatic carbocycles.